The van der Waals surface area contributed by atoms with E-state index >= 15 is 0 Å². The van der Waals surface area contributed by atoms with Crippen molar-refractivity contribution in [1.29, 1.82) is 0 Å². The molecule has 0 aliphatic heterocycles. The molecule has 3 saturated carbocycles. The van der Waals surface area contributed by atoms with Crippen LogP contribution >= 0.6 is 0 Å². The molecule has 6 atom stereocenters. The maximum absolute atomic E-state index is 9.68. The highest BCUT2D eigenvalue weighted by atomic mass is 16.3. The molecule has 3 aliphatic carbocycles. The van der Waals surface area contributed by atoms with Gasteiger partial charge in [0.25, 0.3) is 0 Å². The predicted octanol–water partition coefficient (Wildman–Crippen LogP) is 0.774. The molecule has 0 amide bonds. The van der Waals surface area contributed by atoms with Crippen LogP contribution in [0.5, 0.6) is 0 Å². The van der Waals surface area contributed by atoms with Crippen molar-refractivity contribution in [1.82, 2.24) is 0 Å². The molecule has 0 heterocycles. The van der Waals surface area contributed by atoms with Crippen molar-refractivity contribution in [2.24, 2.45) is 23.7 Å². The summed E-state index contributed by atoms with van der Waals surface area (Å²) in [6.07, 6.45) is 4.23. The fourth-order valence-electron chi connectivity index (χ4n) is 4.04. The van der Waals surface area contributed by atoms with Crippen LogP contribution in [0, 0.1) is 23.7 Å². The summed E-state index contributed by atoms with van der Waals surface area (Å²) in [5.41, 5.74) is 0. The molecule has 0 aromatic carbocycles. The second kappa shape index (κ2) is 2.24. The minimum absolute atomic E-state index is 0.394. The summed E-state index contributed by atoms with van der Waals surface area (Å²) >= 11 is 0. The minimum Gasteiger partial charge on any atom is -0.390 e. The van der Waals surface area contributed by atoms with Crippen LogP contribution in [0.15, 0.2) is 0 Å². The molecule has 0 unspecified atom stereocenters. The molecular formula is C10H16O2. The van der Waals surface area contributed by atoms with Crippen LogP contribution in [0.25, 0.3) is 0 Å². The monoisotopic (exact) mass is 168 g/mol. The zero-order chi connectivity index (χ0) is 8.29. The largest absolute Gasteiger partial charge is 0.390 e. The summed E-state index contributed by atoms with van der Waals surface area (Å²) in [6, 6.07) is 0. The molecule has 3 aliphatic rings. The lowest BCUT2D eigenvalue weighted by Crippen LogP contribution is -2.39. The molecule has 2 bridgehead atoms. The molecule has 3 rings (SSSR count). The van der Waals surface area contributed by atoms with E-state index in [1.165, 1.54) is 19.3 Å². The second-order valence-corrected chi connectivity index (χ2v) is 4.80. The molecule has 2 N–H and O–H groups in total. The van der Waals surface area contributed by atoms with Crippen molar-refractivity contribution >= 4 is 0 Å². The Morgan fingerprint density at radius 1 is 0.750 bits per heavy atom. The highest BCUT2D eigenvalue weighted by molar-refractivity contribution is 5.07. The molecular weight excluding hydrogens is 152 g/mol. The SMILES string of the molecule is O[C@@H]1[C@H](O)[C@@H]2C[C@H]1[C@@H]1CCC[C@@H]12. The van der Waals surface area contributed by atoms with Crippen molar-refractivity contribution in [2.75, 3.05) is 0 Å². The number of hydrogen-bond donors (Lipinski definition) is 2. The molecule has 0 aromatic rings. The van der Waals surface area contributed by atoms with Crippen LogP contribution in [0.3, 0.4) is 0 Å². The van der Waals surface area contributed by atoms with E-state index in [0.717, 1.165) is 18.3 Å². The molecule has 2 nitrogen and oxygen atoms in total. The lowest BCUT2D eigenvalue weighted by molar-refractivity contribution is -0.0497. The van der Waals surface area contributed by atoms with Crippen LogP contribution in [0.1, 0.15) is 25.7 Å². The van der Waals surface area contributed by atoms with E-state index in [1.807, 2.05) is 0 Å². The van der Waals surface area contributed by atoms with Gasteiger partial charge in [-0.15, -0.1) is 0 Å². The van der Waals surface area contributed by atoms with Crippen molar-refractivity contribution in [3.63, 3.8) is 0 Å². The van der Waals surface area contributed by atoms with Gasteiger partial charge >= 0.3 is 0 Å². The van der Waals surface area contributed by atoms with E-state index in [2.05, 4.69) is 0 Å². The van der Waals surface area contributed by atoms with Gasteiger partial charge in [0.2, 0.25) is 0 Å². The zero-order valence-corrected chi connectivity index (χ0v) is 7.19. The molecule has 0 radical (unpaired) electrons. The van der Waals surface area contributed by atoms with Gasteiger partial charge in [-0.3, -0.25) is 0 Å². The van der Waals surface area contributed by atoms with Gasteiger partial charge in [0, 0.05) is 0 Å². The first-order chi connectivity index (χ1) is 5.79. The summed E-state index contributed by atoms with van der Waals surface area (Å²) in [5, 5.41) is 19.4. The van der Waals surface area contributed by atoms with Crippen LogP contribution in [-0.2, 0) is 0 Å². The Bertz CT molecular complexity index is 184. The third kappa shape index (κ3) is 0.686. The Hall–Kier alpha value is -0.0800. The average molecular weight is 168 g/mol. The zero-order valence-electron chi connectivity index (χ0n) is 7.19. The fraction of sp³-hybridized carbons (Fsp3) is 1.00. The van der Waals surface area contributed by atoms with Crippen molar-refractivity contribution in [2.45, 2.75) is 37.9 Å². The molecule has 68 valence electrons. The van der Waals surface area contributed by atoms with Crippen LogP contribution < -0.4 is 0 Å². The maximum atomic E-state index is 9.68. The number of rotatable bonds is 0. The Labute approximate surface area is 72.6 Å². The number of aliphatic hydroxyl groups excluding tert-OH is 2. The van der Waals surface area contributed by atoms with Gasteiger partial charge in [-0.2, -0.15) is 0 Å². The van der Waals surface area contributed by atoms with Crippen molar-refractivity contribution in [3.05, 3.63) is 0 Å². The lowest BCUT2D eigenvalue weighted by Gasteiger charge is -2.32. The Morgan fingerprint density at radius 3 is 1.75 bits per heavy atom. The van der Waals surface area contributed by atoms with E-state index in [1.54, 1.807) is 0 Å². The van der Waals surface area contributed by atoms with Gasteiger partial charge in [0.05, 0.1) is 12.2 Å². The molecule has 3 fully saturated rings. The number of aliphatic hydroxyl groups is 2. The maximum Gasteiger partial charge on any atom is 0.0832 e. The summed E-state index contributed by atoms with van der Waals surface area (Å²) < 4.78 is 0. The molecule has 2 heteroatoms. The standard InChI is InChI=1S/C10H16O2/c11-9-7-4-8(10(9)12)6-3-1-2-5(6)7/h5-12H,1-4H2/t5-,6+,7+,8-,9+,10-. The van der Waals surface area contributed by atoms with Crippen molar-refractivity contribution < 1.29 is 10.2 Å². The first-order valence-corrected chi connectivity index (χ1v) is 5.15. The Kier molecular flexibility index (Phi) is 1.37. The van der Waals surface area contributed by atoms with E-state index in [9.17, 15) is 10.2 Å². The van der Waals surface area contributed by atoms with Gasteiger partial charge < -0.3 is 10.2 Å². The summed E-state index contributed by atoms with van der Waals surface area (Å²) in [5.74, 6) is 2.40. The third-order valence-corrected chi connectivity index (χ3v) is 4.50. The summed E-state index contributed by atoms with van der Waals surface area (Å²) in [7, 11) is 0. The average Bonchev–Trinajstić information content (AvgIpc) is 2.63. The van der Waals surface area contributed by atoms with Gasteiger partial charge in [-0.05, 0) is 42.9 Å². The molecule has 12 heavy (non-hydrogen) atoms. The third-order valence-electron chi connectivity index (χ3n) is 4.50. The number of fused-ring (bicyclic) bond motifs is 5. The first-order valence-electron chi connectivity index (χ1n) is 5.15. The smallest absolute Gasteiger partial charge is 0.0832 e. The molecule has 0 saturated heterocycles. The Balaban J connectivity index is 1.92. The summed E-state index contributed by atoms with van der Waals surface area (Å²) in [4.78, 5) is 0. The van der Waals surface area contributed by atoms with Gasteiger partial charge in [0.15, 0.2) is 0 Å². The lowest BCUT2D eigenvalue weighted by atomic mass is 9.79. The minimum atomic E-state index is -0.394. The van der Waals surface area contributed by atoms with E-state index in [4.69, 9.17) is 0 Å². The van der Waals surface area contributed by atoms with Crippen LogP contribution in [0.4, 0.5) is 0 Å². The highest BCUT2D eigenvalue weighted by Gasteiger charge is 2.58. The van der Waals surface area contributed by atoms with Gasteiger partial charge in [-0.25, -0.2) is 0 Å². The van der Waals surface area contributed by atoms with E-state index in [0.29, 0.717) is 11.8 Å². The number of hydrogen-bond acceptors (Lipinski definition) is 2. The summed E-state index contributed by atoms with van der Waals surface area (Å²) in [6.45, 7) is 0. The molecule has 0 spiro atoms. The fourth-order valence-corrected chi connectivity index (χ4v) is 4.04. The van der Waals surface area contributed by atoms with E-state index in [-0.39, 0.29) is 0 Å². The quantitative estimate of drug-likeness (QED) is 0.561. The highest BCUT2D eigenvalue weighted by Crippen LogP contribution is 2.58. The second-order valence-electron chi connectivity index (χ2n) is 4.80. The topological polar surface area (TPSA) is 40.5 Å². The molecule has 0 aromatic heterocycles. The predicted molar refractivity (Wildman–Crippen MR) is 44.4 cm³/mol. The van der Waals surface area contributed by atoms with Gasteiger partial charge in [-0.1, -0.05) is 6.42 Å². The normalized spacial score (nSPS) is 62.5. The van der Waals surface area contributed by atoms with Crippen molar-refractivity contribution in [3.8, 4) is 0 Å². The van der Waals surface area contributed by atoms with Gasteiger partial charge in [0.1, 0.15) is 0 Å². The van der Waals surface area contributed by atoms with E-state index < -0.39 is 12.2 Å². The van der Waals surface area contributed by atoms with Crippen LogP contribution in [-0.4, -0.2) is 22.4 Å². The van der Waals surface area contributed by atoms with Crippen LogP contribution in [0.2, 0.25) is 0 Å². The Morgan fingerprint density at radius 2 is 1.25 bits per heavy atom. The first kappa shape index (κ1) is 7.34.